The highest BCUT2D eigenvalue weighted by Crippen LogP contribution is 2.47. The number of nitriles is 1. The van der Waals surface area contributed by atoms with Gasteiger partial charge in [-0.3, -0.25) is 4.79 Å². The quantitative estimate of drug-likeness (QED) is 0.642. The van der Waals surface area contributed by atoms with Gasteiger partial charge in [-0.1, -0.05) is 34.1 Å². The van der Waals surface area contributed by atoms with Crippen LogP contribution < -0.4 is 5.56 Å². The number of fused-ring (bicyclic) bond motifs is 2. The van der Waals surface area contributed by atoms with Crippen molar-refractivity contribution in [2.24, 2.45) is 0 Å². The Morgan fingerprint density at radius 1 is 1.23 bits per heavy atom. The fraction of sp³-hybridized carbons (Fsp3) is 0.273. The molecule has 1 unspecified atom stereocenters. The van der Waals surface area contributed by atoms with E-state index in [1.165, 1.54) is 11.1 Å². The number of rotatable bonds is 2. The monoisotopic (exact) mass is 406 g/mol. The molecule has 0 fully saturated rings. The minimum absolute atomic E-state index is 0.0793. The summed E-state index contributed by atoms with van der Waals surface area (Å²) >= 11 is 3.54. The van der Waals surface area contributed by atoms with E-state index in [-0.39, 0.29) is 11.5 Å². The predicted molar refractivity (Wildman–Crippen MR) is 107 cm³/mol. The molecule has 0 spiro atoms. The van der Waals surface area contributed by atoms with Crippen LogP contribution in [0.15, 0.2) is 51.7 Å². The summed E-state index contributed by atoms with van der Waals surface area (Å²) in [6, 6.07) is 16.8. The van der Waals surface area contributed by atoms with Gasteiger partial charge in [0.1, 0.15) is 0 Å². The predicted octanol–water partition coefficient (Wildman–Crippen LogP) is 5.11. The molecule has 1 aliphatic carbocycles. The Kier molecular flexibility index (Phi) is 4.00. The molecule has 0 saturated heterocycles. The first kappa shape index (κ1) is 17.1. The topological polar surface area (TPSA) is 56.6 Å². The van der Waals surface area contributed by atoms with E-state index >= 15 is 0 Å². The molecule has 3 nitrogen and oxygen atoms in total. The molecule has 0 radical (unpaired) electrons. The SMILES string of the molecule is Cc1cc2ccc(C(C)(C#N)[C@@H]3CCc4cc(Br)ccc43)cc2[nH]c1=O. The minimum Gasteiger partial charge on any atom is -0.322 e. The van der Waals surface area contributed by atoms with Gasteiger partial charge >= 0.3 is 0 Å². The van der Waals surface area contributed by atoms with E-state index in [2.05, 4.69) is 45.2 Å². The van der Waals surface area contributed by atoms with E-state index in [1.54, 1.807) is 6.92 Å². The zero-order chi connectivity index (χ0) is 18.5. The van der Waals surface area contributed by atoms with Gasteiger partial charge in [0.2, 0.25) is 0 Å². The highest BCUT2D eigenvalue weighted by Gasteiger charge is 2.41. The van der Waals surface area contributed by atoms with Gasteiger partial charge in [0.05, 0.1) is 11.5 Å². The second-order valence-corrected chi connectivity index (χ2v) is 8.25. The van der Waals surface area contributed by atoms with Crippen molar-refractivity contribution in [2.75, 3.05) is 0 Å². The fourth-order valence-corrected chi connectivity index (χ4v) is 4.57. The van der Waals surface area contributed by atoms with E-state index in [0.29, 0.717) is 5.56 Å². The summed E-state index contributed by atoms with van der Waals surface area (Å²) < 4.78 is 1.08. The van der Waals surface area contributed by atoms with Crippen LogP contribution in [0.1, 0.15) is 41.5 Å². The normalized spacial score (nSPS) is 18.3. The van der Waals surface area contributed by atoms with Gasteiger partial charge in [-0.25, -0.2) is 0 Å². The standard InChI is InChI=1S/C22H19BrN2O/c1-13-9-15-3-5-16(11-20(15)25-21(13)26)22(2,12-24)19-8-4-14-10-17(23)6-7-18(14)19/h3,5-7,9-11,19H,4,8H2,1-2H3,(H,25,26)/t19-,22?/m1/s1. The number of nitrogens with zero attached hydrogens (tertiary/aromatic N) is 1. The van der Waals surface area contributed by atoms with Crippen LogP contribution in [0.4, 0.5) is 0 Å². The van der Waals surface area contributed by atoms with Gasteiger partial charge in [-0.2, -0.15) is 5.26 Å². The molecule has 3 aromatic rings. The molecule has 26 heavy (non-hydrogen) atoms. The summed E-state index contributed by atoms with van der Waals surface area (Å²) in [5.41, 5.74) is 4.29. The van der Waals surface area contributed by atoms with Crippen LogP contribution in [0.25, 0.3) is 10.9 Å². The Bertz CT molecular complexity index is 1130. The van der Waals surface area contributed by atoms with Crippen LogP contribution in [-0.2, 0) is 11.8 Å². The molecule has 1 heterocycles. The molecule has 4 heteroatoms. The average Bonchev–Trinajstić information content (AvgIpc) is 3.05. The second kappa shape index (κ2) is 6.10. The zero-order valence-electron chi connectivity index (χ0n) is 14.8. The number of H-pyrrole nitrogens is 1. The molecule has 2 atom stereocenters. The molecule has 2 aromatic carbocycles. The Morgan fingerprint density at radius 3 is 2.81 bits per heavy atom. The van der Waals surface area contributed by atoms with Crippen molar-refractivity contribution in [3.63, 3.8) is 0 Å². The number of aromatic amines is 1. The third-order valence-corrected chi connectivity index (χ3v) is 6.24. The number of benzene rings is 2. The Balaban J connectivity index is 1.85. The minimum atomic E-state index is -0.644. The van der Waals surface area contributed by atoms with Gasteiger partial charge in [0, 0.05) is 21.5 Å². The lowest BCUT2D eigenvalue weighted by Gasteiger charge is -2.30. The number of halogens is 1. The largest absolute Gasteiger partial charge is 0.322 e. The lowest BCUT2D eigenvalue weighted by molar-refractivity contribution is 0.470. The molecule has 0 amide bonds. The van der Waals surface area contributed by atoms with E-state index in [1.807, 2.05) is 31.2 Å². The fourth-order valence-electron chi connectivity index (χ4n) is 4.16. The Morgan fingerprint density at radius 2 is 2.04 bits per heavy atom. The number of hydrogen-bond donors (Lipinski definition) is 1. The van der Waals surface area contributed by atoms with E-state index in [9.17, 15) is 10.1 Å². The first-order chi connectivity index (χ1) is 12.4. The number of nitrogens with one attached hydrogen (secondary N) is 1. The summed E-state index contributed by atoms with van der Waals surface area (Å²) in [7, 11) is 0. The molecule has 130 valence electrons. The summed E-state index contributed by atoms with van der Waals surface area (Å²) in [4.78, 5) is 14.9. The van der Waals surface area contributed by atoms with Crippen molar-refractivity contribution < 1.29 is 0 Å². The number of pyridine rings is 1. The molecule has 1 N–H and O–H groups in total. The van der Waals surface area contributed by atoms with E-state index in [4.69, 9.17) is 0 Å². The van der Waals surface area contributed by atoms with Crippen molar-refractivity contribution in [3.05, 3.63) is 79.5 Å². The third kappa shape index (κ3) is 2.59. The van der Waals surface area contributed by atoms with Gasteiger partial charge in [0.25, 0.3) is 5.56 Å². The number of aromatic nitrogens is 1. The van der Waals surface area contributed by atoms with Crippen molar-refractivity contribution >= 4 is 26.8 Å². The van der Waals surface area contributed by atoms with Gasteiger partial charge in [-0.05, 0) is 73.0 Å². The molecular formula is C22H19BrN2O. The Labute approximate surface area is 160 Å². The van der Waals surface area contributed by atoms with Crippen molar-refractivity contribution in [2.45, 2.75) is 38.0 Å². The first-order valence-corrected chi connectivity index (χ1v) is 9.55. The first-order valence-electron chi connectivity index (χ1n) is 8.76. The van der Waals surface area contributed by atoms with Crippen LogP contribution in [0.3, 0.4) is 0 Å². The van der Waals surface area contributed by atoms with Crippen LogP contribution in [-0.4, -0.2) is 4.98 Å². The molecule has 4 rings (SSSR count). The van der Waals surface area contributed by atoms with Crippen molar-refractivity contribution in [1.29, 1.82) is 5.26 Å². The lowest BCUT2D eigenvalue weighted by atomic mass is 9.70. The highest BCUT2D eigenvalue weighted by molar-refractivity contribution is 9.10. The average molecular weight is 407 g/mol. The van der Waals surface area contributed by atoms with Gasteiger partial charge in [-0.15, -0.1) is 0 Å². The zero-order valence-corrected chi connectivity index (χ0v) is 16.4. The maximum Gasteiger partial charge on any atom is 0.251 e. The molecule has 0 aliphatic heterocycles. The maximum absolute atomic E-state index is 12.0. The lowest BCUT2D eigenvalue weighted by Crippen LogP contribution is -2.27. The van der Waals surface area contributed by atoms with E-state index < -0.39 is 5.41 Å². The maximum atomic E-state index is 12.0. The van der Waals surface area contributed by atoms with Crippen LogP contribution in [0.5, 0.6) is 0 Å². The molecule has 0 bridgehead atoms. The third-order valence-electron chi connectivity index (χ3n) is 5.74. The van der Waals surface area contributed by atoms with Crippen LogP contribution >= 0.6 is 15.9 Å². The summed E-state index contributed by atoms with van der Waals surface area (Å²) in [6.45, 7) is 3.82. The van der Waals surface area contributed by atoms with Crippen LogP contribution in [0.2, 0.25) is 0 Å². The molecule has 1 aromatic heterocycles. The summed E-state index contributed by atoms with van der Waals surface area (Å²) in [5, 5.41) is 11.1. The van der Waals surface area contributed by atoms with E-state index in [0.717, 1.165) is 33.8 Å². The van der Waals surface area contributed by atoms with Gasteiger partial charge < -0.3 is 4.98 Å². The summed E-state index contributed by atoms with van der Waals surface area (Å²) in [6.07, 6.45) is 1.94. The van der Waals surface area contributed by atoms with Crippen molar-refractivity contribution in [1.82, 2.24) is 4.98 Å². The summed E-state index contributed by atoms with van der Waals surface area (Å²) in [5.74, 6) is 0.144. The molecule has 1 aliphatic rings. The highest BCUT2D eigenvalue weighted by atomic mass is 79.9. The van der Waals surface area contributed by atoms with Gasteiger partial charge in [0.15, 0.2) is 0 Å². The molecule has 0 saturated carbocycles. The van der Waals surface area contributed by atoms with Crippen LogP contribution in [0, 0.1) is 18.3 Å². The Hall–Kier alpha value is -2.38. The smallest absolute Gasteiger partial charge is 0.251 e. The molecular weight excluding hydrogens is 388 g/mol. The number of hydrogen-bond acceptors (Lipinski definition) is 2. The van der Waals surface area contributed by atoms with Crippen molar-refractivity contribution in [3.8, 4) is 6.07 Å². The number of aryl methyl sites for hydroxylation is 2. The second-order valence-electron chi connectivity index (χ2n) is 7.33.